The van der Waals surface area contributed by atoms with Gasteiger partial charge in [-0.1, -0.05) is 0 Å². The van der Waals surface area contributed by atoms with Crippen LogP contribution in [0.2, 0.25) is 0 Å². The Morgan fingerprint density at radius 2 is 1.83 bits per heavy atom. The molecule has 6 heteroatoms. The lowest BCUT2D eigenvalue weighted by Gasteiger charge is -2.12. The fourth-order valence-electron chi connectivity index (χ4n) is 1.57. The van der Waals surface area contributed by atoms with Gasteiger partial charge in [0, 0.05) is 10.4 Å². The molecule has 0 bridgehead atoms. The summed E-state index contributed by atoms with van der Waals surface area (Å²) in [5.41, 5.74) is 7.17. The molecule has 2 aromatic rings. The molecule has 1 aromatic carbocycles. The minimum Gasteiger partial charge on any atom is -0.320 e. The SMILES string of the molecule is Cc1cc(C(N)c2cc(F)c(Br)cc2F)sc1Br. The molecule has 0 saturated heterocycles. The molecule has 0 spiro atoms. The van der Waals surface area contributed by atoms with Gasteiger partial charge in [-0.05, 0) is 62.5 Å². The van der Waals surface area contributed by atoms with Crippen LogP contribution in [-0.4, -0.2) is 0 Å². The van der Waals surface area contributed by atoms with Crippen LogP contribution in [0.4, 0.5) is 8.78 Å². The molecule has 1 unspecified atom stereocenters. The minimum absolute atomic E-state index is 0.0968. The summed E-state index contributed by atoms with van der Waals surface area (Å²) in [4.78, 5) is 0.792. The molecule has 0 saturated carbocycles. The van der Waals surface area contributed by atoms with Gasteiger partial charge in [-0.25, -0.2) is 8.78 Å². The standard InChI is InChI=1S/C12H9Br2F2NS/c1-5-2-10(18-12(5)14)11(17)6-3-9(16)7(13)4-8(6)15/h2-4,11H,17H2,1H3. The summed E-state index contributed by atoms with van der Waals surface area (Å²) in [5.74, 6) is -1.04. The number of halogens is 4. The number of nitrogens with two attached hydrogens (primary N) is 1. The van der Waals surface area contributed by atoms with Crippen molar-refractivity contribution in [3.8, 4) is 0 Å². The topological polar surface area (TPSA) is 26.0 Å². The highest BCUT2D eigenvalue weighted by molar-refractivity contribution is 9.11. The van der Waals surface area contributed by atoms with E-state index < -0.39 is 17.7 Å². The summed E-state index contributed by atoms with van der Waals surface area (Å²) < 4.78 is 28.3. The molecule has 1 atom stereocenters. The summed E-state index contributed by atoms with van der Waals surface area (Å²) >= 11 is 7.76. The number of thiophene rings is 1. The monoisotopic (exact) mass is 395 g/mol. The Balaban J connectivity index is 2.45. The number of rotatable bonds is 2. The largest absolute Gasteiger partial charge is 0.320 e. The highest BCUT2D eigenvalue weighted by Gasteiger charge is 2.18. The Labute approximate surface area is 124 Å². The van der Waals surface area contributed by atoms with Crippen molar-refractivity contribution in [3.63, 3.8) is 0 Å². The summed E-state index contributed by atoms with van der Waals surface area (Å²) in [6.07, 6.45) is 0. The molecular weight excluding hydrogens is 388 g/mol. The zero-order valence-corrected chi connectivity index (χ0v) is 13.3. The van der Waals surface area contributed by atoms with Crippen LogP contribution >= 0.6 is 43.2 Å². The van der Waals surface area contributed by atoms with E-state index in [1.54, 1.807) is 0 Å². The first-order valence-corrected chi connectivity index (χ1v) is 7.46. The van der Waals surface area contributed by atoms with Crippen LogP contribution in [0.25, 0.3) is 0 Å². The van der Waals surface area contributed by atoms with E-state index in [2.05, 4.69) is 31.9 Å². The van der Waals surface area contributed by atoms with Gasteiger partial charge in [-0.3, -0.25) is 0 Å². The summed E-state index contributed by atoms with van der Waals surface area (Å²) in [6.45, 7) is 1.93. The van der Waals surface area contributed by atoms with Crippen LogP contribution in [0, 0.1) is 18.6 Å². The Morgan fingerprint density at radius 3 is 2.39 bits per heavy atom. The number of benzene rings is 1. The van der Waals surface area contributed by atoms with E-state index in [0.29, 0.717) is 0 Å². The van der Waals surface area contributed by atoms with Crippen LogP contribution in [0.1, 0.15) is 22.0 Å². The molecule has 18 heavy (non-hydrogen) atoms. The smallest absolute Gasteiger partial charge is 0.137 e. The number of hydrogen-bond donors (Lipinski definition) is 1. The van der Waals surface area contributed by atoms with Crippen molar-refractivity contribution >= 4 is 43.2 Å². The predicted octanol–water partition coefficient (Wildman–Crippen LogP) is 4.91. The maximum atomic E-state index is 13.8. The van der Waals surface area contributed by atoms with Crippen molar-refractivity contribution < 1.29 is 8.78 Å². The van der Waals surface area contributed by atoms with Gasteiger partial charge >= 0.3 is 0 Å². The Hall–Kier alpha value is -0.300. The highest BCUT2D eigenvalue weighted by Crippen LogP contribution is 2.34. The third-order valence-electron chi connectivity index (χ3n) is 2.56. The van der Waals surface area contributed by atoms with Crippen LogP contribution in [0.3, 0.4) is 0 Å². The van der Waals surface area contributed by atoms with Crippen molar-refractivity contribution in [2.75, 3.05) is 0 Å². The Kier molecular flexibility index (Phi) is 4.21. The van der Waals surface area contributed by atoms with E-state index >= 15 is 0 Å². The van der Waals surface area contributed by atoms with E-state index in [1.165, 1.54) is 11.3 Å². The predicted molar refractivity (Wildman–Crippen MR) is 76.8 cm³/mol. The molecule has 1 nitrogen and oxygen atoms in total. The molecule has 0 aliphatic rings. The molecule has 0 aliphatic heterocycles. The molecular formula is C12H9Br2F2NS. The van der Waals surface area contributed by atoms with Crippen molar-refractivity contribution in [1.82, 2.24) is 0 Å². The van der Waals surface area contributed by atoms with E-state index in [4.69, 9.17) is 5.73 Å². The first-order valence-electron chi connectivity index (χ1n) is 5.06. The molecule has 2 N–H and O–H groups in total. The molecule has 96 valence electrons. The van der Waals surface area contributed by atoms with Gasteiger partial charge in [0.15, 0.2) is 0 Å². The maximum absolute atomic E-state index is 13.8. The third kappa shape index (κ3) is 2.66. The average Bonchev–Trinajstić information content (AvgIpc) is 2.63. The Morgan fingerprint density at radius 1 is 1.17 bits per heavy atom. The zero-order chi connectivity index (χ0) is 13.4. The number of hydrogen-bond acceptors (Lipinski definition) is 2. The van der Waals surface area contributed by atoms with Gasteiger partial charge in [-0.15, -0.1) is 11.3 Å². The molecule has 0 aliphatic carbocycles. The van der Waals surface area contributed by atoms with E-state index in [-0.39, 0.29) is 10.0 Å². The van der Waals surface area contributed by atoms with Crippen LogP contribution < -0.4 is 5.73 Å². The van der Waals surface area contributed by atoms with Crippen LogP contribution in [-0.2, 0) is 0 Å². The zero-order valence-electron chi connectivity index (χ0n) is 9.31. The first-order chi connectivity index (χ1) is 8.40. The van der Waals surface area contributed by atoms with E-state index in [9.17, 15) is 8.78 Å². The lowest BCUT2D eigenvalue weighted by molar-refractivity contribution is 0.573. The fourth-order valence-corrected chi connectivity index (χ4v) is 3.47. The molecule has 0 fully saturated rings. The van der Waals surface area contributed by atoms with E-state index in [0.717, 1.165) is 26.4 Å². The first kappa shape index (κ1) is 14.1. The highest BCUT2D eigenvalue weighted by atomic mass is 79.9. The van der Waals surface area contributed by atoms with Gasteiger partial charge in [0.25, 0.3) is 0 Å². The van der Waals surface area contributed by atoms with Crippen molar-refractivity contribution in [2.24, 2.45) is 5.73 Å². The molecule has 0 radical (unpaired) electrons. The molecule has 0 amide bonds. The normalized spacial score (nSPS) is 12.8. The molecule has 2 rings (SSSR count). The summed E-state index contributed by atoms with van der Waals surface area (Å²) in [7, 11) is 0. The number of aryl methyl sites for hydroxylation is 1. The van der Waals surface area contributed by atoms with Gasteiger partial charge in [0.1, 0.15) is 11.6 Å². The van der Waals surface area contributed by atoms with Crippen molar-refractivity contribution in [1.29, 1.82) is 0 Å². The van der Waals surface area contributed by atoms with Gasteiger partial charge < -0.3 is 5.73 Å². The van der Waals surface area contributed by atoms with Crippen molar-refractivity contribution in [2.45, 2.75) is 13.0 Å². The van der Waals surface area contributed by atoms with Crippen LogP contribution in [0.5, 0.6) is 0 Å². The minimum atomic E-state index is -0.664. The second-order valence-electron chi connectivity index (χ2n) is 3.87. The molecule has 1 aromatic heterocycles. The second kappa shape index (κ2) is 5.36. The summed E-state index contributed by atoms with van der Waals surface area (Å²) in [6, 6.07) is 3.44. The van der Waals surface area contributed by atoms with Crippen LogP contribution in [0.15, 0.2) is 26.5 Å². The quantitative estimate of drug-likeness (QED) is 0.717. The lowest BCUT2D eigenvalue weighted by atomic mass is 10.1. The van der Waals surface area contributed by atoms with Crippen molar-refractivity contribution in [3.05, 3.63) is 54.1 Å². The summed E-state index contributed by atoms with van der Waals surface area (Å²) in [5, 5.41) is 0. The van der Waals surface area contributed by atoms with Gasteiger partial charge in [-0.2, -0.15) is 0 Å². The third-order valence-corrected chi connectivity index (χ3v) is 5.38. The van der Waals surface area contributed by atoms with E-state index in [1.807, 2.05) is 13.0 Å². The lowest BCUT2D eigenvalue weighted by Crippen LogP contribution is -2.12. The van der Waals surface area contributed by atoms with Gasteiger partial charge in [0.05, 0.1) is 14.3 Å². The average molecular weight is 397 g/mol. The second-order valence-corrected chi connectivity index (χ2v) is 7.13. The van der Waals surface area contributed by atoms with Gasteiger partial charge in [0.2, 0.25) is 0 Å². The maximum Gasteiger partial charge on any atom is 0.137 e. The Bertz CT molecular complexity index is 579. The molecule has 1 heterocycles. The fraction of sp³-hybridized carbons (Fsp3) is 0.167.